The molecule has 22 heavy (non-hydrogen) atoms. The van der Waals surface area contributed by atoms with E-state index in [1.807, 2.05) is 5.32 Å². The average molecular weight is 346 g/mol. The topological polar surface area (TPSA) is 66.5 Å². The fourth-order valence-corrected chi connectivity index (χ4v) is 2.18. The van der Waals surface area contributed by atoms with Gasteiger partial charge in [-0.2, -0.15) is 22.0 Å². The number of carbonyl (C=O) groups is 1. The SMILES string of the molecule is CN(CC(F)(F)F)C(=O)Nc1cccc(S(=O)(=O)C(F)F)c1. The van der Waals surface area contributed by atoms with Gasteiger partial charge < -0.3 is 10.2 Å². The first-order valence-corrected chi connectivity index (χ1v) is 7.19. The lowest BCUT2D eigenvalue weighted by Gasteiger charge is -2.19. The molecule has 0 bridgehead atoms. The Hall–Kier alpha value is -1.91. The summed E-state index contributed by atoms with van der Waals surface area (Å²) in [7, 11) is -3.98. The van der Waals surface area contributed by atoms with Crippen molar-refractivity contribution in [1.82, 2.24) is 4.90 Å². The van der Waals surface area contributed by atoms with E-state index in [0.717, 1.165) is 31.3 Å². The van der Waals surface area contributed by atoms with E-state index in [-0.39, 0.29) is 5.69 Å². The van der Waals surface area contributed by atoms with Gasteiger partial charge in [-0.3, -0.25) is 0 Å². The van der Waals surface area contributed by atoms with E-state index in [9.17, 15) is 35.2 Å². The summed E-state index contributed by atoms with van der Waals surface area (Å²) in [6.45, 7) is -1.52. The smallest absolute Gasteiger partial charge is 0.318 e. The largest absolute Gasteiger partial charge is 0.406 e. The molecule has 0 unspecified atom stereocenters. The van der Waals surface area contributed by atoms with Crippen molar-refractivity contribution in [2.24, 2.45) is 0 Å². The number of urea groups is 1. The molecule has 0 aliphatic carbocycles. The molecule has 0 spiro atoms. The Bertz CT molecular complexity index is 645. The zero-order chi connectivity index (χ0) is 17.1. The maximum Gasteiger partial charge on any atom is 0.406 e. The lowest BCUT2D eigenvalue weighted by molar-refractivity contribution is -0.137. The molecule has 0 radical (unpaired) electrons. The van der Waals surface area contributed by atoms with Gasteiger partial charge in [0, 0.05) is 12.7 Å². The Kier molecular flexibility index (Phi) is 5.33. The summed E-state index contributed by atoms with van der Waals surface area (Å²) in [6, 6.07) is 2.69. The maximum absolute atomic E-state index is 12.4. The van der Waals surface area contributed by atoms with Gasteiger partial charge >= 0.3 is 18.0 Å². The first-order valence-electron chi connectivity index (χ1n) is 5.64. The minimum Gasteiger partial charge on any atom is -0.318 e. The van der Waals surface area contributed by atoms with Crippen molar-refractivity contribution in [1.29, 1.82) is 0 Å². The highest BCUT2D eigenvalue weighted by Gasteiger charge is 2.31. The predicted molar refractivity (Wildman–Crippen MR) is 67.3 cm³/mol. The van der Waals surface area contributed by atoms with E-state index in [4.69, 9.17) is 0 Å². The molecule has 0 aromatic heterocycles. The Morgan fingerprint density at radius 1 is 1.32 bits per heavy atom. The molecule has 124 valence electrons. The van der Waals surface area contributed by atoms with Crippen molar-refractivity contribution in [2.75, 3.05) is 18.9 Å². The number of amides is 2. The molecule has 0 aliphatic rings. The van der Waals surface area contributed by atoms with E-state index in [2.05, 4.69) is 0 Å². The van der Waals surface area contributed by atoms with Gasteiger partial charge in [-0.15, -0.1) is 0 Å². The number of rotatable bonds is 4. The number of nitrogens with one attached hydrogen (secondary N) is 1. The summed E-state index contributed by atoms with van der Waals surface area (Å²) < 4.78 is 83.7. The summed E-state index contributed by atoms with van der Waals surface area (Å²) in [6.07, 6.45) is -4.60. The van der Waals surface area contributed by atoms with Crippen molar-refractivity contribution < 1.29 is 35.2 Å². The van der Waals surface area contributed by atoms with Crippen LogP contribution in [0.3, 0.4) is 0 Å². The lowest BCUT2D eigenvalue weighted by atomic mass is 10.3. The number of hydrogen-bond donors (Lipinski definition) is 1. The van der Waals surface area contributed by atoms with Crippen molar-refractivity contribution in [2.45, 2.75) is 16.8 Å². The van der Waals surface area contributed by atoms with E-state index in [0.29, 0.717) is 4.90 Å². The summed E-state index contributed by atoms with van der Waals surface area (Å²) in [5, 5.41) is 1.99. The molecule has 0 heterocycles. The van der Waals surface area contributed by atoms with Crippen LogP contribution in [0.25, 0.3) is 0 Å². The first kappa shape index (κ1) is 18.1. The average Bonchev–Trinajstić information content (AvgIpc) is 2.36. The monoisotopic (exact) mass is 346 g/mol. The molecular weight excluding hydrogens is 335 g/mol. The number of carbonyl (C=O) groups excluding carboxylic acids is 1. The molecule has 5 nitrogen and oxygen atoms in total. The van der Waals surface area contributed by atoms with E-state index in [1.165, 1.54) is 0 Å². The van der Waals surface area contributed by atoms with Crippen LogP contribution in [-0.2, 0) is 9.84 Å². The Morgan fingerprint density at radius 2 is 1.91 bits per heavy atom. The van der Waals surface area contributed by atoms with Crippen LogP contribution in [-0.4, -0.2) is 44.9 Å². The zero-order valence-corrected chi connectivity index (χ0v) is 11.9. The Labute approximate surface area is 122 Å². The molecule has 1 aromatic carbocycles. The number of hydrogen-bond acceptors (Lipinski definition) is 3. The number of anilines is 1. The standard InChI is InChI=1S/C11H11F5N2O3S/c1-18(6-11(14,15)16)10(19)17-7-3-2-4-8(5-7)22(20,21)9(12)13/h2-5,9H,6H2,1H3,(H,17,19). The third kappa shape index (κ3) is 4.83. The number of alkyl halides is 5. The number of sulfone groups is 1. The van der Waals surface area contributed by atoms with Crippen molar-refractivity contribution in [3.05, 3.63) is 24.3 Å². The Balaban J connectivity index is 2.90. The van der Waals surface area contributed by atoms with Crippen LogP contribution in [0.1, 0.15) is 0 Å². The summed E-state index contributed by atoms with van der Waals surface area (Å²) in [5.41, 5.74) is -0.222. The molecule has 0 saturated carbocycles. The summed E-state index contributed by atoms with van der Waals surface area (Å²) in [5.74, 6) is -3.65. The number of nitrogens with zero attached hydrogens (tertiary/aromatic N) is 1. The molecule has 11 heteroatoms. The van der Waals surface area contributed by atoms with E-state index in [1.54, 1.807) is 0 Å². The Morgan fingerprint density at radius 3 is 2.41 bits per heavy atom. The minimum absolute atomic E-state index is 0.222. The molecule has 1 rings (SSSR count). The van der Waals surface area contributed by atoms with Gasteiger partial charge in [0.1, 0.15) is 6.54 Å². The molecule has 0 fully saturated rings. The van der Waals surface area contributed by atoms with Crippen LogP contribution in [0.15, 0.2) is 29.2 Å². The van der Waals surface area contributed by atoms with Crippen LogP contribution >= 0.6 is 0 Å². The minimum atomic E-state index is -4.86. The quantitative estimate of drug-likeness (QED) is 0.853. The van der Waals surface area contributed by atoms with Crippen LogP contribution in [0.4, 0.5) is 32.4 Å². The highest BCUT2D eigenvalue weighted by molar-refractivity contribution is 7.91. The third-order valence-electron chi connectivity index (χ3n) is 2.41. The fourth-order valence-electron chi connectivity index (χ4n) is 1.41. The molecular formula is C11H11F5N2O3S. The van der Waals surface area contributed by atoms with E-state index >= 15 is 0 Å². The highest BCUT2D eigenvalue weighted by Crippen LogP contribution is 2.22. The zero-order valence-electron chi connectivity index (χ0n) is 11.1. The normalized spacial score (nSPS) is 12.3. The maximum atomic E-state index is 12.4. The lowest BCUT2D eigenvalue weighted by Crippen LogP contribution is -2.38. The molecule has 0 saturated heterocycles. The molecule has 2 amide bonds. The third-order valence-corrected chi connectivity index (χ3v) is 3.79. The van der Waals surface area contributed by atoms with Gasteiger partial charge in [-0.25, -0.2) is 13.2 Å². The fraction of sp³-hybridized carbons (Fsp3) is 0.364. The van der Waals surface area contributed by atoms with Crippen LogP contribution in [0.2, 0.25) is 0 Å². The number of benzene rings is 1. The number of halogens is 5. The van der Waals surface area contributed by atoms with Crippen LogP contribution in [0.5, 0.6) is 0 Å². The first-order chi connectivity index (χ1) is 9.93. The molecule has 0 aliphatic heterocycles. The van der Waals surface area contributed by atoms with Gasteiger partial charge in [0.2, 0.25) is 9.84 Å². The molecule has 0 atom stereocenters. The van der Waals surface area contributed by atoms with Gasteiger partial charge in [0.15, 0.2) is 0 Å². The molecule has 1 aromatic rings. The second kappa shape index (κ2) is 6.46. The second-order valence-electron chi connectivity index (χ2n) is 4.23. The van der Waals surface area contributed by atoms with Crippen LogP contribution < -0.4 is 5.32 Å². The van der Waals surface area contributed by atoms with Gasteiger partial charge in [-0.05, 0) is 18.2 Å². The predicted octanol–water partition coefficient (Wildman–Crippen LogP) is 2.71. The molecule has 1 N–H and O–H groups in total. The highest BCUT2D eigenvalue weighted by atomic mass is 32.2. The van der Waals surface area contributed by atoms with Crippen molar-refractivity contribution >= 4 is 21.6 Å². The van der Waals surface area contributed by atoms with Gasteiger partial charge in [0.25, 0.3) is 0 Å². The summed E-state index contributed by atoms with van der Waals surface area (Å²) >= 11 is 0. The van der Waals surface area contributed by atoms with Crippen molar-refractivity contribution in [3.8, 4) is 0 Å². The second-order valence-corrected chi connectivity index (χ2v) is 6.15. The van der Waals surface area contributed by atoms with Crippen LogP contribution in [0, 0.1) is 0 Å². The van der Waals surface area contributed by atoms with E-state index < -0.39 is 39.2 Å². The van der Waals surface area contributed by atoms with Gasteiger partial charge in [-0.1, -0.05) is 6.07 Å². The van der Waals surface area contributed by atoms with Gasteiger partial charge in [0.05, 0.1) is 4.90 Å². The van der Waals surface area contributed by atoms with Crippen molar-refractivity contribution in [3.63, 3.8) is 0 Å². The summed E-state index contributed by atoms with van der Waals surface area (Å²) in [4.78, 5) is 11.1.